The maximum Gasteiger partial charge on any atom is 0.416 e. The van der Waals surface area contributed by atoms with Gasteiger partial charge in [-0.05, 0) is 159 Å². The van der Waals surface area contributed by atoms with Crippen molar-refractivity contribution in [1.29, 1.82) is 0 Å². The smallest absolute Gasteiger partial charge is 0.416 e. The predicted octanol–water partition coefficient (Wildman–Crippen LogP) is 14.5. The molecule has 7 aromatic carbocycles. The maximum atomic E-state index is 14.3. The molecule has 1 aliphatic carbocycles. The van der Waals surface area contributed by atoms with Crippen LogP contribution in [0.4, 0.5) is 41.2 Å². The van der Waals surface area contributed by atoms with Gasteiger partial charge in [0.15, 0.2) is 0 Å². The first kappa shape index (κ1) is 81.5. The molecule has 0 unspecified atom stereocenters. The molecule has 16 nitrogen and oxygen atoms in total. The summed E-state index contributed by atoms with van der Waals surface area (Å²) in [5.41, 5.74) is 2.96. The van der Waals surface area contributed by atoms with Gasteiger partial charge in [0, 0.05) is 108 Å². The number of rotatable bonds is 24. The Morgan fingerprint density at radius 1 is 0.606 bits per heavy atom. The minimum absolute atomic E-state index is 0. The summed E-state index contributed by atoms with van der Waals surface area (Å²) in [7, 11) is 7.29. The number of carbonyl (C=O) groups is 5. The Hall–Kier alpha value is -8.13. The molecule has 0 radical (unpaired) electrons. The topological polar surface area (TPSA) is 148 Å². The molecule has 7 aromatic rings. The lowest BCUT2D eigenvalue weighted by Crippen LogP contribution is -2.50. The number of para-hydroxylation sites is 1. The Morgan fingerprint density at radius 2 is 1.15 bits per heavy atom. The van der Waals surface area contributed by atoms with E-state index in [-0.39, 0.29) is 92.8 Å². The van der Waals surface area contributed by atoms with Gasteiger partial charge < -0.3 is 43.6 Å². The predicted molar refractivity (Wildman–Crippen MR) is 391 cm³/mol. The van der Waals surface area contributed by atoms with E-state index in [1.807, 2.05) is 129 Å². The fourth-order valence-corrected chi connectivity index (χ4v) is 14.4. The molecular formula is C78H88Cl3F7N8O8. The number of nitrogens with zero attached hydrogens (tertiary/aromatic N) is 7. The van der Waals surface area contributed by atoms with Gasteiger partial charge in [-0.1, -0.05) is 109 Å². The molecule has 558 valence electrons. The van der Waals surface area contributed by atoms with Crippen molar-refractivity contribution in [2.24, 2.45) is 0 Å². The van der Waals surface area contributed by atoms with Crippen LogP contribution in [-0.2, 0) is 61.9 Å². The molecule has 3 heterocycles. The van der Waals surface area contributed by atoms with Crippen molar-refractivity contribution < 1.29 is 68.9 Å². The summed E-state index contributed by atoms with van der Waals surface area (Å²) in [5, 5.41) is 2.93. The summed E-state index contributed by atoms with van der Waals surface area (Å²) >= 11 is 0. The summed E-state index contributed by atoms with van der Waals surface area (Å²) in [4.78, 5) is 80.2. The number of benzene rings is 7. The molecule has 1 N–H and O–H groups in total. The van der Waals surface area contributed by atoms with Gasteiger partial charge in [0.25, 0.3) is 17.7 Å². The van der Waals surface area contributed by atoms with Crippen LogP contribution in [-0.4, -0.2) is 183 Å². The minimum Gasteiger partial charge on any atom is -0.446 e. The zero-order valence-electron chi connectivity index (χ0n) is 58.4. The van der Waals surface area contributed by atoms with E-state index < -0.39 is 64.6 Å². The Balaban J connectivity index is 0.00000456. The summed E-state index contributed by atoms with van der Waals surface area (Å²) in [6.07, 6.45) is -7.12. The Morgan fingerprint density at radius 3 is 1.76 bits per heavy atom. The number of hydrogen-bond acceptors (Lipinski definition) is 11. The van der Waals surface area contributed by atoms with E-state index in [2.05, 4.69) is 32.1 Å². The average Bonchev–Trinajstić information content (AvgIpc) is 1.62. The lowest BCUT2D eigenvalue weighted by molar-refractivity contribution is -0.143. The zero-order chi connectivity index (χ0) is 71.6. The molecule has 3 fully saturated rings. The van der Waals surface area contributed by atoms with Gasteiger partial charge in [0.05, 0.1) is 29.5 Å². The van der Waals surface area contributed by atoms with Crippen LogP contribution in [0.25, 0.3) is 11.1 Å². The number of carbonyl (C=O) groups excluding carboxylic acids is 5. The average molecular weight is 1500 g/mol. The van der Waals surface area contributed by atoms with E-state index in [1.54, 1.807) is 28.8 Å². The van der Waals surface area contributed by atoms with Crippen LogP contribution in [0.5, 0.6) is 0 Å². The van der Waals surface area contributed by atoms with E-state index in [9.17, 15) is 54.7 Å². The highest BCUT2D eigenvalue weighted by atomic mass is 35.5. The van der Waals surface area contributed by atoms with Crippen molar-refractivity contribution in [2.75, 3.05) is 112 Å². The molecule has 3 aliphatic heterocycles. The fourth-order valence-electron chi connectivity index (χ4n) is 14.4. The fraction of sp³-hybridized carbons (Fsp3) is 0.397. The van der Waals surface area contributed by atoms with Crippen molar-refractivity contribution in [2.45, 2.75) is 93.6 Å². The normalized spacial score (nSPS) is 17.5. The number of nitrogens with one attached hydrogen (secondary N) is 1. The number of likely N-dealkylation sites (tertiary alicyclic amines) is 2. The molecule has 0 aromatic heterocycles. The number of piperidine rings is 2. The van der Waals surface area contributed by atoms with Crippen molar-refractivity contribution in [3.05, 3.63) is 231 Å². The first-order valence-electron chi connectivity index (χ1n) is 34.2. The van der Waals surface area contributed by atoms with Crippen molar-refractivity contribution in [3.8, 4) is 11.1 Å². The Bertz CT molecular complexity index is 4000. The van der Waals surface area contributed by atoms with Gasteiger partial charge >= 0.3 is 18.4 Å². The number of hydrogen-bond donors (Lipinski definition) is 1. The maximum absolute atomic E-state index is 14.3. The van der Waals surface area contributed by atoms with Crippen molar-refractivity contribution >= 4 is 72.6 Å². The first-order chi connectivity index (χ1) is 48.3. The van der Waals surface area contributed by atoms with E-state index in [0.29, 0.717) is 132 Å². The van der Waals surface area contributed by atoms with Crippen LogP contribution in [0.2, 0.25) is 0 Å². The highest BCUT2D eigenvalue weighted by Crippen LogP contribution is 2.49. The van der Waals surface area contributed by atoms with Crippen LogP contribution < -0.4 is 5.32 Å². The van der Waals surface area contributed by atoms with Crippen molar-refractivity contribution in [1.82, 2.24) is 34.3 Å². The third kappa shape index (κ3) is 20.1. The van der Waals surface area contributed by atoms with Gasteiger partial charge in [-0.25, -0.2) is 9.18 Å². The third-order valence-corrected chi connectivity index (χ3v) is 20.2. The molecule has 4 aliphatic rings. The molecule has 11 rings (SSSR count). The number of ether oxygens (including phenoxy) is 3. The number of anilines is 1. The van der Waals surface area contributed by atoms with Crippen LogP contribution in [0.1, 0.15) is 109 Å². The van der Waals surface area contributed by atoms with Crippen LogP contribution >= 0.6 is 37.2 Å². The van der Waals surface area contributed by atoms with Crippen LogP contribution in [0.15, 0.2) is 170 Å². The second-order valence-corrected chi connectivity index (χ2v) is 27.2. The van der Waals surface area contributed by atoms with E-state index in [1.165, 1.54) is 24.3 Å². The molecule has 0 saturated carbocycles. The monoisotopic (exact) mass is 1500 g/mol. The summed E-state index contributed by atoms with van der Waals surface area (Å²) < 4.78 is 116. The number of halogens is 10. The molecule has 26 heteroatoms. The van der Waals surface area contributed by atoms with Crippen molar-refractivity contribution in [3.63, 3.8) is 0 Å². The summed E-state index contributed by atoms with van der Waals surface area (Å²) in [6.45, 7) is 5.68. The Kier molecular flexibility index (Phi) is 28.0. The molecule has 0 bridgehead atoms. The molecule has 104 heavy (non-hydrogen) atoms. The number of amides is 5. The summed E-state index contributed by atoms with van der Waals surface area (Å²) in [6, 6.07) is 47.2. The molecular weight excluding hydrogens is 1420 g/mol. The highest BCUT2D eigenvalue weighted by molar-refractivity contribution is 5.96. The summed E-state index contributed by atoms with van der Waals surface area (Å²) in [5.74, 6) is -2.00. The highest BCUT2D eigenvalue weighted by Gasteiger charge is 2.50. The quantitative estimate of drug-likeness (QED) is 0.0577. The second-order valence-electron chi connectivity index (χ2n) is 27.2. The molecule has 5 amide bonds. The standard InChI is InChI=1S/C78H85F7N8O8.3ClH/c1-87(50-55-21-25-58(26-22-55)72(96)90(4)43-44-91-38-31-65(32-39-91)101-74(98)86-68-18-11-9-16-66(68)56-13-6-5-7-14-56)49-54-19-23-57(24-20-54)71(95)89(3)37-12-36-88(2)70(94)51-99-69-47-59-15-8-10-17-67(59)75(69)33-40-92(41-34-75)42-35-76(61-27-29-64(79)30-28-61)52-93(53-100-76)73(97)60-45-62(77(80,81)82)48-63(46-60)78(83,84)85;;;/h5-11,13-30,45-46,48,65,69H,12,31-44,47,49-53H2,1-4H3,(H,86,98);3*1H/t69-,76-;;;/m0.../s1. The van der Waals surface area contributed by atoms with E-state index in [0.717, 1.165) is 51.4 Å². The molecule has 1 spiro atoms. The zero-order valence-corrected chi connectivity index (χ0v) is 60.9. The van der Waals surface area contributed by atoms with Gasteiger partial charge in [0.2, 0.25) is 5.91 Å². The number of alkyl halides is 6. The van der Waals surface area contributed by atoms with Crippen LogP contribution in [0, 0.1) is 5.82 Å². The SMILES string of the molecule is CN(Cc1ccc(C(=O)N(C)CCCN(C)C(=O)CO[C@H]2Cc3ccccc3C23CCN(CC[C@@]2(c4ccc(F)cc4)CN(C(=O)c4cc(C(F)(F)F)cc(C(F)(F)F)c4)CO2)CC3)cc1)Cc1ccc(C(=O)N(C)CCN2CCC(OC(=O)Nc3ccccc3-c3ccccc3)CC2)cc1.Cl.Cl.Cl. The molecule has 2 atom stereocenters. The van der Waals surface area contributed by atoms with Gasteiger partial charge in [0.1, 0.15) is 30.9 Å². The van der Waals surface area contributed by atoms with Gasteiger partial charge in [-0.2, -0.15) is 26.3 Å². The second kappa shape index (κ2) is 35.8. The van der Waals surface area contributed by atoms with Gasteiger partial charge in [-0.3, -0.25) is 29.4 Å². The lowest BCUT2D eigenvalue weighted by Gasteiger charge is -2.44. The Labute approximate surface area is 621 Å². The number of fused-ring (bicyclic) bond motifs is 2. The van der Waals surface area contributed by atoms with E-state index >= 15 is 0 Å². The minimum atomic E-state index is -5.15. The molecule has 3 saturated heterocycles. The first-order valence-corrected chi connectivity index (χ1v) is 34.2. The van der Waals surface area contributed by atoms with E-state index in [4.69, 9.17) is 14.2 Å². The third-order valence-electron chi connectivity index (χ3n) is 20.2. The lowest BCUT2D eigenvalue weighted by atomic mass is 9.72. The van der Waals surface area contributed by atoms with Gasteiger partial charge in [-0.15, -0.1) is 37.2 Å². The number of likely N-dealkylation sites (N-methyl/N-ethyl adjacent to an activating group) is 2. The largest absolute Gasteiger partial charge is 0.446 e. The van der Waals surface area contributed by atoms with Crippen LogP contribution in [0.3, 0.4) is 0 Å².